The van der Waals surface area contributed by atoms with E-state index in [0.29, 0.717) is 43.7 Å². The number of amides is 4. The number of nitrogens with one attached hydrogen (secondary N) is 4. The number of alkyl carbamates (subject to hydrolysis) is 1. The molecule has 0 spiro atoms. The van der Waals surface area contributed by atoms with E-state index < -0.39 is 24.3 Å². The van der Waals surface area contributed by atoms with E-state index >= 15 is 0 Å². The van der Waals surface area contributed by atoms with Gasteiger partial charge in [0, 0.05) is 13.1 Å². The standard InChI is InChI=1S/C27H34N4O9/c1-2-20(18-8-11-22-23(15-18)39-16-38-22)30-25(34)31-21(5-3-4-13-29-26(35)40-27(36)37)24(33)28-14-12-17-6-9-19(32)10-7-17/h6-11,15,20-21,32H,2-5,12-14,16H2,1H3,(H,28,33)(H,29,35)(H,36,37)(H2,30,31,34)/t20-,21-/m0/s1. The van der Waals surface area contributed by atoms with E-state index in [4.69, 9.17) is 14.6 Å². The molecule has 0 fully saturated rings. The molecule has 4 amide bonds. The highest BCUT2D eigenvalue weighted by molar-refractivity contribution is 5.87. The molecule has 13 nitrogen and oxygen atoms in total. The lowest BCUT2D eigenvalue weighted by Gasteiger charge is -2.22. The minimum atomic E-state index is -1.71. The Balaban J connectivity index is 1.55. The van der Waals surface area contributed by atoms with Crippen molar-refractivity contribution in [3.8, 4) is 17.2 Å². The van der Waals surface area contributed by atoms with Crippen molar-refractivity contribution >= 4 is 24.2 Å². The Labute approximate surface area is 231 Å². The van der Waals surface area contributed by atoms with Crippen molar-refractivity contribution in [1.29, 1.82) is 0 Å². The Hall–Kier alpha value is -4.68. The van der Waals surface area contributed by atoms with Crippen LogP contribution in [0.25, 0.3) is 0 Å². The van der Waals surface area contributed by atoms with Gasteiger partial charge in [0.25, 0.3) is 0 Å². The fraction of sp³-hybridized carbons (Fsp3) is 0.407. The summed E-state index contributed by atoms with van der Waals surface area (Å²) in [6.07, 6.45) is -0.523. The van der Waals surface area contributed by atoms with Crippen LogP contribution in [0.1, 0.15) is 49.8 Å². The third-order valence-corrected chi connectivity index (χ3v) is 6.15. The van der Waals surface area contributed by atoms with E-state index in [1.807, 2.05) is 19.1 Å². The smallest absolute Gasteiger partial charge is 0.508 e. The molecule has 2 atom stereocenters. The highest BCUT2D eigenvalue weighted by atomic mass is 16.7. The molecule has 1 aliphatic heterocycles. The summed E-state index contributed by atoms with van der Waals surface area (Å²) in [6.45, 7) is 2.52. The molecule has 13 heteroatoms. The maximum Gasteiger partial charge on any atom is 0.514 e. The summed E-state index contributed by atoms with van der Waals surface area (Å²) in [4.78, 5) is 47.6. The van der Waals surface area contributed by atoms with Gasteiger partial charge in [-0.1, -0.05) is 25.1 Å². The first kappa shape index (κ1) is 29.9. The zero-order valence-corrected chi connectivity index (χ0v) is 22.1. The summed E-state index contributed by atoms with van der Waals surface area (Å²) in [5.74, 6) is 1.02. The summed E-state index contributed by atoms with van der Waals surface area (Å²) in [5.41, 5.74) is 1.75. The molecule has 6 N–H and O–H groups in total. The van der Waals surface area contributed by atoms with Gasteiger partial charge < -0.3 is 45.7 Å². The lowest BCUT2D eigenvalue weighted by Crippen LogP contribution is -2.50. The topological polar surface area (TPSA) is 185 Å². The molecular weight excluding hydrogens is 524 g/mol. The van der Waals surface area contributed by atoms with Crippen LogP contribution in [0.2, 0.25) is 0 Å². The molecule has 216 valence electrons. The third kappa shape index (κ3) is 9.57. The number of hydrogen-bond acceptors (Lipinski definition) is 8. The van der Waals surface area contributed by atoms with Crippen LogP contribution in [0.3, 0.4) is 0 Å². The van der Waals surface area contributed by atoms with Gasteiger partial charge in [0.1, 0.15) is 11.8 Å². The van der Waals surface area contributed by atoms with Gasteiger partial charge in [-0.2, -0.15) is 0 Å². The first-order chi connectivity index (χ1) is 19.2. The summed E-state index contributed by atoms with van der Waals surface area (Å²) < 4.78 is 14.7. The van der Waals surface area contributed by atoms with Crippen LogP contribution in [-0.4, -0.2) is 60.3 Å². The van der Waals surface area contributed by atoms with E-state index in [9.17, 15) is 24.3 Å². The number of aromatic hydroxyl groups is 1. The number of phenols is 1. The third-order valence-electron chi connectivity index (χ3n) is 6.15. The molecule has 0 bridgehead atoms. The van der Waals surface area contributed by atoms with Gasteiger partial charge in [0.05, 0.1) is 6.04 Å². The number of hydrogen-bond donors (Lipinski definition) is 6. The molecule has 0 aromatic heterocycles. The van der Waals surface area contributed by atoms with E-state index in [1.165, 1.54) is 0 Å². The van der Waals surface area contributed by atoms with E-state index in [-0.39, 0.29) is 37.5 Å². The Morgan fingerprint density at radius 2 is 1.70 bits per heavy atom. The summed E-state index contributed by atoms with van der Waals surface area (Å²) >= 11 is 0. The average Bonchev–Trinajstić information content (AvgIpc) is 3.39. The molecule has 0 aliphatic carbocycles. The molecular formula is C27H34N4O9. The van der Waals surface area contributed by atoms with Crippen LogP contribution in [-0.2, 0) is 16.0 Å². The van der Waals surface area contributed by atoms with Gasteiger partial charge in [0.2, 0.25) is 12.7 Å². The number of phenolic OH excluding ortho intramolecular Hbond substituents is 1. The van der Waals surface area contributed by atoms with E-state index in [2.05, 4.69) is 26.0 Å². The number of carbonyl (C=O) groups excluding carboxylic acids is 3. The summed E-state index contributed by atoms with van der Waals surface area (Å²) in [7, 11) is 0. The number of ether oxygens (including phenoxy) is 3. The predicted molar refractivity (Wildman–Crippen MR) is 142 cm³/mol. The molecule has 1 aliphatic rings. The summed E-state index contributed by atoms with van der Waals surface area (Å²) in [6, 6.07) is 10.4. The normalized spacial score (nSPS) is 13.0. The zero-order valence-electron chi connectivity index (χ0n) is 22.1. The second-order valence-corrected chi connectivity index (χ2v) is 9.03. The summed E-state index contributed by atoms with van der Waals surface area (Å²) in [5, 5.41) is 28.7. The highest BCUT2D eigenvalue weighted by Gasteiger charge is 2.23. The van der Waals surface area contributed by atoms with Crippen molar-refractivity contribution in [2.75, 3.05) is 19.9 Å². The van der Waals surface area contributed by atoms with Gasteiger partial charge >= 0.3 is 18.3 Å². The number of carboxylic acid groups (broad SMARTS) is 1. The van der Waals surface area contributed by atoms with Crippen molar-refractivity contribution in [2.24, 2.45) is 0 Å². The van der Waals surface area contributed by atoms with Crippen LogP contribution >= 0.6 is 0 Å². The van der Waals surface area contributed by atoms with E-state index in [1.54, 1.807) is 30.3 Å². The van der Waals surface area contributed by atoms with Crippen molar-refractivity contribution < 1.29 is 43.6 Å². The fourth-order valence-corrected chi connectivity index (χ4v) is 4.07. The van der Waals surface area contributed by atoms with Crippen molar-refractivity contribution in [3.05, 3.63) is 53.6 Å². The van der Waals surface area contributed by atoms with Gasteiger partial charge in [-0.15, -0.1) is 0 Å². The molecule has 0 saturated heterocycles. The van der Waals surface area contributed by atoms with Crippen molar-refractivity contribution in [1.82, 2.24) is 21.3 Å². The molecule has 0 saturated carbocycles. The van der Waals surface area contributed by atoms with Crippen LogP contribution < -0.4 is 30.7 Å². The number of rotatable bonds is 13. The Kier molecular flexibility index (Phi) is 11.2. The first-order valence-corrected chi connectivity index (χ1v) is 13.0. The average molecular weight is 559 g/mol. The minimum absolute atomic E-state index is 0.134. The monoisotopic (exact) mass is 558 g/mol. The lowest BCUT2D eigenvalue weighted by molar-refractivity contribution is -0.123. The maximum absolute atomic E-state index is 13.0. The van der Waals surface area contributed by atoms with Gasteiger partial charge in [-0.3, -0.25) is 4.79 Å². The SMILES string of the molecule is CC[C@H](NC(=O)N[C@@H](CCCCNC(=O)OC(=O)O)C(=O)NCCc1ccc(O)cc1)c1ccc2c(c1)OCO2. The second kappa shape index (κ2) is 15.0. The molecule has 40 heavy (non-hydrogen) atoms. The predicted octanol–water partition coefficient (Wildman–Crippen LogP) is 3.17. The van der Waals surface area contributed by atoms with Crippen LogP contribution in [0.15, 0.2) is 42.5 Å². The van der Waals surface area contributed by atoms with Crippen LogP contribution in [0, 0.1) is 0 Å². The number of benzene rings is 2. The van der Waals surface area contributed by atoms with Gasteiger partial charge in [-0.25, -0.2) is 14.4 Å². The lowest BCUT2D eigenvalue weighted by atomic mass is 10.0. The highest BCUT2D eigenvalue weighted by Crippen LogP contribution is 2.34. The second-order valence-electron chi connectivity index (χ2n) is 9.03. The van der Waals surface area contributed by atoms with Gasteiger partial charge in [-0.05, 0) is 67.5 Å². The Morgan fingerprint density at radius 3 is 2.42 bits per heavy atom. The minimum Gasteiger partial charge on any atom is -0.508 e. The maximum atomic E-state index is 13.0. The fourth-order valence-electron chi connectivity index (χ4n) is 4.07. The number of unbranched alkanes of at least 4 members (excludes halogenated alkanes) is 1. The van der Waals surface area contributed by atoms with Crippen LogP contribution in [0.4, 0.5) is 14.4 Å². The molecule has 1 heterocycles. The van der Waals surface area contributed by atoms with Crippen molar-refractivity contribution in [3.63, 3.8) is 0 Å². The number of carbonyl (C=O) groups is 4. The van der Waals surface area contributed by atoms with E-state index in [0.717, 1.165) is 11.1 Å². The van der Waals surface area contributed by atoms with Crippen LogP contribution in [0.5, 0.6) is 17.2 Å². The first-order valence-electron chi connectivity index (χ1n) is 13.0. The molecule has 0 radical (unpaired) electrons. The quantitative estimate of drug-likeness (QED) is 0.122. The molecule has 2 aromatic rings. The van der Waals surface area contributed by atoms with Crippen molar-refractivity contribution in [2.45, 2.75) is 51.1 Å². The number of urea groups is 1. The van der Waals surface area contributed by atoms with Gasteiger partial charge in [0.15, 0.2) is 11.5 Å². The Morgan fingerprint density at radius 1 is 0.950 bits per heavy atom. The zero-order chi connectivity index (χ0) is 28.9. The Bertz CT molecular complexity index is 1170. The molecule has 2 aromatic carbocycles. The number of fused-ring (bicyclic) bond motifs is 1. The largest absolute Gasteiger partial charge is 0.514 e. The molecule has 0 unspecified atom stereocenters. The molecule has 3 rings (SSSR count).